The first-order valence-corrected chi connectivity index (χ1v) is 11.2. The van der Waals surface area contributed by atoms with Crippen LogP contribution in [0.4, 0.5) is 0 Å². The van der Waals surface area contributed by atoms with Crippen LogP contribution in [0.5, 0.6) is 0 Å². The van der Waals surface area contributed by atoms with Crippen molar-refractivity contribution in [1.82, 2.24) is 14.1 Å². The zero-order chi connectivity index (χ0) is 20.8. The second kappa shape index (κ2) is 7.33. The van der Waals surface area contributed by atoms with Crippen LogP contribution in [0.25, 0.3) is 0 Å². The topological polar surface area (TPSA) is 78.0 Å². The smallest absolute Gasteiger partial charge is 0.254 e. The summed E-state index contributed by atoms with van der Waals surface area (Å²) < 4.78 is 25.3. The Morgan fingerprint density at radius 1 is 1.21 bits per heavy atom. The normalized spacial score (nSPS) is 22.2. The summed E-state index contributed by atoms with van der Waals surface area (Å²) in [5.41, 5.74) is 2.04. The Morgan fingerprint density at radius 2 is 1.82 bits per heavy atom. The van der Waals surface area contributed by atoms with Crippen LogP contribution in [0, 0.1) is 11.8 Å². The highest BCUT2D eigenvalue weighted by Crippen LogP contribution is 2.41. The third-order valence-electron chi connectivity index (χ3n) is 5.21. The van der Waals surface area contributed by atoms with Gasteiger partial charge in [-0.2, -0.15) is 0 Å². The molecule has 8 heteroatoms. The lowest BCUT2D eigenvalue weighted by Crippen LogP contribution is -2.42. The highest BCUT2D eigenvalue weighted by Gasteiger charge is 2.54. The van der Waals surface area contributed by atoms with E-state index in [4.69, 9.17) is 0 Å². The summed E-state index contributed by atoms with van der Waals surface area (Å²) in [5, 5.41) is 0. The monoisotopic (exact) mass is 405 g/mol. The molecule has 3 rings (SSSR count). The lowest BCUT2D eigenvalue weighted by molar-refractivity contribution is -0.128. The third kappa shape index (κ3) is 3.58. The third-order valence-corrected chi connectivity index (χ3v) is 6.26. The van der Waals surface area contributed by atoms with Crippen LogP contribution in [0.15, 0.2) is 36.0 Å². The number of rotatable bonds is 5. The average Bonchev–Trinajstić information content (AvgIpc) is 3.09. The second-order valence-corrected chi connectivity index (χ2v) is 9.93. The first kappa shape index (κ1) is 20.5. The Hall–Kier alpha value is -2.19. The molecule has 2 atom stereocenters. The maximum absolute atomic E-state index is 13.2. The van der Waals surface area contributed by atoms with Gasteiger partial charge in [0.25, 0.3) is 5.91 Å². The number of hydrogen-bond acceptors (Lipinski definition) is 5. The molecular weight excluding hydrogens is 378 g/mol. The fourth-order valence-electron chi connectivity index (χ4n) is 4.06. The van der Waals surface area contributed by atoms with E-state index in [0.29, 0.717) is 17.8 Å². The molecule has 152 valence electrons. The van der Waals surface area contributed by atoms with Gasteiger partial charge in [-0.3, -0.25) is 9.59 Å². The maximum atomic E-state index is 13.2. The van der Waals surface area contributed by atoms with Crippen LogP contribution in [0.3, 0.4) is 0 Å². The zero-order valence-corrected chi connectivity index (χ0v) is 17.7. The van der Waals surface area contributed by atoms with Gasteiger partial charge in [0.2, 0.25) is 15.9 Å². The van der Waals surface area contributed by atoms with Gasteiger partial charge < -0.3 is 9.80 Å². The molecule has 2 amide bonds. The molecule has 2 aliphatic heterocycles. The van der Waals surface area contributed by atoms with Crippen molar-refractivity contribution in [2.75, 3.05) is 26.9 Å². The van der Waals surface area contributed by atoms with Crippen LogP contribution in [-0.4, -0.2) is 67.3 Å². The van der Waals surface area contributed by atoms with Crippen molar-refractivity contribution >= 4 is 21.8 Å². The molecule has 0 saturated carbocycles. The fraction of sp³-hybridized carbons (Fsp3) is 0.500. The van der Waals surface area contributed by atoms with Crippen LogP contribution in [0.2, 0.25) is 0 Å². The van der Waals surface area contributed by atoms with Crippen molar-refractivity contribution in [3.63, 3.8) is 0 Å². The molecule has 0 unspecified atom stereocenters. The van der Waals surface area contributed by atoms with Crippen molar-refractivity contribution in [3.8, 4) is 0 Å². The Kier molecular flexibility index (Phi) is 5.38. The van der Waals surface area contributed by atoms with E-state index < -0.39 is 27.9 Å². The van der Waals surface area contributed by atoms with E-state index in [1.165, 1.54) is 0 Å². The number of amides is 2. The minimum atomic E-state index is -3.73. The van der Waals surface area contributed by atoms with Gasteiger partial charge >= 0.3 is 0 Å². The molecule has 1 saturated heterocycles. The first-order chi connectivity index (χ1) is 13.0. The summed E-state index contributed by atoms with van der Waals surface area (Å²) >= 11 is 0. The lowest BCUT2D eigenvalue weighted by atomic mass is 9.89. The van der Waals surface area contributed by atoms with Gasteiger partial charge in [-0.05, 0) is 43.8 Å². The van der Waals surface area contributed by atoms with Crippen LogP contribution >= 0.6 is 0 Å². The molecule has 1 aromatic carbocycles. The first-order valence-electron chi connectivity index (χ1n) is 9.31. The number of benzene rings is 1. The van der Waals surface area contributed by atoms with E-state index in [1.54, 1.807) is 23.1 Å². The van der Waals surface area contributed by atoms with E-state index >= 15 is 0 Å². The highest BCUT2D eigenvalue weighted by molar-refractivity contribution is 7.89. The Labute approximate surface area is 166 Å². The van der Waals surface area contributed by atoms with Gasteiger partial charge in [0.15, 0.2) is 0 Å². The van der Waals surface area contributed by atoms with E-state index in [2.05, 4.69) is 0 Å². The van der Waals surface area contributed by atoms with Crippen LogP contribution in [-0.2, 0) is 21.4 Å². The van der Waals surface area contributed by atoms with Gasteiger partial charge in [-0.25, -0.2) is 12.7 Å². The van der Waals surface area contributed by atoms with Gasteiger partial charge in [-0.1, -0.05) is 26.0 Å². The maximum Gasteiger partial charge on any atom is 0.254 e. The molecular formula is C20H27N3O4S. The predicted octanol–water partition coefficient (Wildman–Crippen LogP) is 1.53. The number of carbonyl (C=O) groups excluding carboxylic acids is 2. The number of carbonyl (C=O) groups is 2. The number of nitrogens with zero attached hydrogens (tertiary/aromatic N) is 3. The Balaban J connectivity index is 1.90. The quantitative estimate of drug-likeness (QED) is 0.742. The van der Waals surface area contributed by atoms with Crippen LogP contribution < -0.4 is 0 Å². The summed E-state index contributed by atoms with van der Waals surface area (Å²) in [4.78, 5) is 29.6. The van der Waals surface area contributed by atoms with Crippen molar-refractivity contribution in [1.29, 1.82) is 0 Å². The summed E-state index contributed by atoms with van der Waals surface area (Å²) in [6.45, 7) is 4.83. The minimum Gasteiger partial charge on any atom is -0.325 e. The number of hydrogen-bond donors (Lipinski definition) is 0. The number of fused-ring (bicyclic) bond motifs is 1. The molecule has 2 aliphatic rings. The van der Waals surface area contributed by atoms with E-state index in [1.807, 2.05) is 45.0 Å². The molecule has 7 nitrogen and oxygen atoms in total. The summed E-state index contributed by atoms with van der Waals surface area (Å²) in [5.74, 6) is -1.31. The molecule has 0 bridgehead atoms. The lowest BCUT2D eigenvalue weighted by Gasteiger charge is -2.29. The molecule has 2 heterocycles. The van der Waals surface area contributed by atoms with Gasteiger partial charge in [-0.15, -0.1) is 0 Å². The molecule has 0 N–H and O–H groups in total. The molecule has 28 heavy (non-hydrogen) atoms. The summed E-state index contributed by atoms with van der Waals surface area (Å²) in [6, 6.07) is 6.86. The highest BCUT2D eigenvalue weighted by atomic mass is 32.2. The van der Waals surface area contributed by atoms with Crippen molar-refractivity contribution in [2.45, 2.75) is 26.4 Å². The minimum absolute atomic E-state index is 0.0940. The second-order valence-electron chi connectivity index (χ2n) is 8.10. The van der Waals surface area contributed by atoms with Crippen LogP contribution in [0.1, 0.15) is 29.8 Å². The average molecular weight is 406 g/mol. The van der Waals surface area contributed by atoms with Crippen molar-refractivity contribution < 1.29 is 18.0 Å². The number of sulfonamides is 1. The Bertz CT molecular complexity index is 919. The largest absolute Gasteiger partial charge is 0.325 e. The zero-order valence-electron chi connectivity index (χ0n) is 16.9. The molecule has 0 radical (unpaired) electrons. The predicted molar refractivity (Wildman–Crippen MR) is 107 cm³/mol. The van der Waals surface area contributed by atoms with Crippen molar-refractivity contribution in [3.05, 3.63) is 47.2 Å². The standard InChI is InChI=1S/C20H27N3O4S/c1-13(2)17-18-16(23(20(17)25)28(5,26)27)10-11-22(18)19(24)15-8-6-14(7-9-15)12-21(3)4/h6-10,13,17-18H,11-12H2,1-5H3/t17-,18+/m1/s1. The van der Waals surface area contributed by atoms with E-state index in [0.717, 1.165) is 22.7 Å². The molecule has 0 spiro atoms. The van der Waals surface area contributed by atoms with Crippen molar-refractivity contribution in [2.24, 2.45) is 11.8 Å². The SMILES string of the molecule is CC(C)[C@H]1C(=O)N(S(C)(=O)=O)C2=CCN(C(=O)c3ccc(CN(C)C)cc3)[C@@H]21. The summed E-state index contributed by atoms with van der Waals surface area (Å²) in [6.07, 6.45) is 2.71. The molecule has 0 aromatic heterocycles. The Morgan fingerprint density at radius 3 is 2.32 bits per heavy atom. The van der Waals surface area contributed by atoms with E-state index in [9.17, 15) is 18.0 Å². The van der Waals surface area contributed by atoms with Gasteiger partial charge in [0.05, 0.1) is 23.9 Å². The van der Waals surface area contributed by atoms with Gasteiger partial charge in [0, 0.05) is 18.7 Å². The fourth-order valence-corrected chi connectivity index (χ4v) is 5.08. The summed E-state index contributed by atoms with van der Waals surface area (Å²) in [7, 11) is 0.228. The van der Waals surface area contributed by atoms with Gasteiger partial charge in [0.1, 0.15) is 0 Å². The van der Waals surface area contributed by atoms with E-state index in [-0.39, 0.29) is 11.8 Å². The molecule has 0 aliphatic carbocycles. The molecule has 1 fully saturated rings. The molecule has 1 aromatic rings.